The Hall–Kier alpha value is -1.96. The van der Waals surface area contributed by atoms with Crippen LogP contribution in [0.3, 0.4) is 0 Å². The first-order valence-electron chi connectivity index (χ1n) is 9.69. The molecule has 3 rings (SSSR count). The quantitative estimate of drug-likeness (QED) is 0.493. The van der Waals surface area contributed by atoms with Gasteiger partial charge in [0.15, 0.2) is 11.6 Å². The van der Waals surface area contributed by atoms with E-state index in [1.165, 1.54) is 12.5 Å². The Bertz CT molecular complexity index is 799. The second-order valence-electron chi connectivity index (χ2n) is 7.91. The van der Waals surface area contributed by atoms with Crippen LogP contribution in [0.25, 0.3) is 0 Å². The second-order valence-corrected chi connectivity index (χ2v) is 8.80. The number of ether oxygens (including phenoxy) is 1. The zero-order chi connectivity index (χ0) is 20.0. The van der Waals surface area contributed by atoms with E-state index in [2.05, 4.69) is 29.5 Å². The molecule has 1 aliphatic rings. The Labute approximate surface area is 169 Å². The van der Waals surface area contributed by atoms with Gasteiger partial charge in [-0.05, 0) is 74.3 Å². The van der Waals surface area contributed by atoms with Crippen LogP contribution >= 0.6 is 0 Å². The van der Waals surface area contributed by atoms with E-state index in [0.29, 0.717) is 24.1 Å². The third kappa shape index (κ3) is 6.02. The van der Waals surface area contributed by atoms with E-state index >= 15 is 0 Å². The Morgan fingerprint density at radius 3 is 2.75 bits per heavy atom. The SMILES string of the molecule is CC1(C)C[C@H](CCCNc2nc(S(=O)[O-])ccc2OCc2ccccc2)CN1. The molecule has 1 saturated heterocycles. The zero-order valence-corrected chi connectivity index (χ0v) is 17.3. The van der Waals surface area contributed by atoms with Gasteiger partial charge in [0.25, 0.3) is 0 Å². The van der Waals surface area contributed by atoms with E-state index in [1.54, 1.807) is 6.07 Å². The van der Waals surface area contributed by atoms with Gasteiger partial charge in [0.05, 0.1) is 0 Å². The molecule has 2 N–H and O–H groups in total. The zero-order valence-electron chi connectivity index (χ0n) is 16.4. The average Bonchev–Trinajstić information content (AvgIpc) is 3.03. The predicted octanol–water partition coefficient (Wildman–Crippen LogP) is 3.48. The lowest BCUT2D eigenvalue weighted by atomic mass is 9.94. The van der Waals surface area contributed by atoms with Crippen molar-refractivity contribution in [2.24, 2.45) is 5.92 Å². The first-order valence-corrected chi connectivity index (χ1v) is 10.8. The molecule has 1 aliphatic heterocycles. The van der Waals surface area contributed by atoms with Gasteiger partial charge >= 0.3 is 0 Å². The van der Waals surface area contributed by atoms with Crippen molar-refractivity contribution in [3.63, 3.8) is 0 Å². The Morgan fingerprint density at radius 2 is 2.07 bits per heavy atom. The summed E-state index contributed by atoms with van der Waals surface area (Å²) in [6.07, 6.45) is 3.30. The number of rotatable bonds is 9. The summed E-state index contributed by atoms with van der Waals surface area (Å²) in [5.41, 5.74) is 1.27. The number of nitrogens with one attached hydrogen (secondary N) is 2. The molecule has 28 heavy (non-hydrogen) atoms. The Morgan fingerprint density at radius 1 is 1.29 bits per heavy atom. The third-order valence-electron chi connectivity index (χ3n) is 4.99. The lowest BCUT2D eigenvalue weighted by molar-refractivity contribution is 0.306. The number of pyridine rings is 1. The maximum Gasteiger partial charge on any atom is 0.169 e. The number of hydrogen-bond acceptors (Lipinski definition) is 6. The first-order chi connectivity index (χ1) is 13.4. The monoisotopic (exact) mass is 402 g/mol. The molecular formula is C21H28N3O3S-. The van der Waals surface area contributed by atoms with Gasteiger partial charge in [-0.2, -0.15) is 0 Å². The van der Waals surface area contributed by atoms with Crippen LogP contribution in [0.15, 0.2) is 47.5 Å². The molecule has 1 fully saturated rings. The normalized spacial score (nSPS) is 19.3. The van der Waals surface area contributed by atoms with Crippen molar-refractivity contribution in [2.75, 3.05) is 18.4 Å². The number of hydrogen-bond donors (Lipinski definition) is 2. The van der Waals surface area contributed by atoms with E-state index < -0.39 is 11.1 Å². The van der Waals surface area contributed by atoms with E-state index in [-0.39, 0.29) is 10.6 Å². The summed E-state index contributed by atoms with van der Waals surface area (Å²) >= 11 is -2.37. The molecular weight excluding hydrogens is 374 g/mol. The van der Waals surface area contributed by atoms with Crippen molar-refractivity contribution in [3.05, 3.63) is 48.0 Å². The van der Waals surface area contributed by atoms with Crippen LogP contribution in [-0.2, 0) is 17.7 Å². The van der Waals surface area contributed by atoms with Gasteiger partial charge in [-0.15, -0.1) is 0 Å². The summed E-state index contributed by atoms with van der Waals surface area (Å²) in [6, 6.07) is 13.0. The molecule has 1 aromatic heterocycles. The fourth-order valence-electron chi connectivity index (χ4n) is 3.59. The molecule has 2 heterocycles. The van der Waals surface area contributed by atoms with Gasteiger partial charge < -0.3 is 19.9 Å². The standard InChI is InChI=1S/C21H29N3O3S/c1-21(2)13-17(14-23-21)9-6-12-22-20-18(10-11-19(24-20)28(25)26)27-15-16-7-4-3-5-8-16/h3-5,7-8,10-11,17,23H,6,9,12-15H2,1-2H3,(H,22,24)(H,25,26)/p-1/t17-/m0/s1. The molecule has 0 spiro atoms. The van der Waals surface area contributed by atoms with E-state index in [1.807, 2.05) is 30.3 Å². The number of benzene rings is 1. The highest BCUT2D eigenvalue weighted by Gasteiger charge is 2.29. The van der Waals surface area contributed by atoms with Crippen molar-refractivity contribution in [2.45, 2.75) is 50.3 Å². The lowest BCUT2D eigenvalue weighted by Gasteiger charge is -2.17. The number of aromatic nitrogens is 1. The maximum absolute atomic E-state index is 11.3. The van der Waals surface area contributed by atoms with Gasteiger partial charge in [-0.1, -0.05) is 30.3 Å². The summed E-state index contributed by atoms with van der Waals surface area (Å²) in [4.78, 5) is 4.22. The molecule has 1 aromatic carbocycles. The van der Waals surface area contributed by atoms with Crippen LogP contribution in [0.2, 0.25) is 0 Å². The highest BCUT2D eigenvalue weighted by atomic mass is 32.2. The van der Waals surface area contributed by atoms with Crippen LogP contribution < -0.4 is 15.4 Å². The first kappa shape index (κ1) is 20.8. The number of anilines is 1. The minimum Gasteiger partial charge on any atom is -0.767 e. The molecule has 0 bridgehead atoms. The van der Waals surface area contributed by atoms with Gasteiger partial charge in [0.1, 0.15) is 11.6 Å². The molecule has 152 valence electrons. The molecule has 6 nitrogen and oxygen atoms in total. The fraction of sp³-hybridized carbons (Fsp3) is 0.476. The molecule has 7 heteroatoms. The summed E-state index contributed by atoms with van der Waals surface area (Å²) in [6.45, 7) is 6.65. The maximum atomic E-state index is 11.3. The van der Waals surface area contributed by atoms with Gasteiger partial charge in [-0.3, -0.25) is 4.21 Å². The lowest BCUT2D eigenvalue weighted by Crippen LogP contribution is -2.31. The highest BCUT2D eigenvalue weighted by Crippen LogP contribution is 2.27. The largest absolute Gasteiger partial charge is 0.767 e. The summed E-state index contributed by atoms with van der Waals surface area (Å²) in [7, 11) is 0. The molecule has 2 aromatic rings. The highest BCUT2D eigenvalue weighted by molar-refractivity contribution is 7.79. The minimum absolute atomic E-state index is 0.0105. The van der Waals surface area contributed by atoms with Gasteiger partial charge in [0, 0.05) is 12.1 Å². The van der Waals surface area contributed by atoms with Crippen molar-refractivity contribution in [3.8, 4) is 5.75 Å². The van der Waals surface area contributed by atoms with Crippen LogP contribution in [-0.4, -0.2) is 32.4 Å². The average molecular weight is 403 g/mol. The summed E-state index contributed by atoms with van der Waals surface area (Å²) < 4.78 is 28.4. The molecule has 0 radical (unpaired) electrons. The van der Waals surface area contributed by atoms with E-state index in [0.717, 1.165) is 31.5 Å². The second kappa shape index (κ2) is 9.49. The van der Waals surface area contributed by atoms with Crippen molar-refractivity contribution in [1.29, 1.82) is 0 Å². The van der Waals surface area contributed by atoms with Crippen molar-refractivity contribution < 1.29 is 13.5 Å². The van der Waals surface area contributed by atoms with Gasteiger partial charge in [-0.25, -0.2) is 4.98 Å². The molecule has 1 unspecified atom stereocenters. The summed E-state index contributed by atoms with van der Waals surface area (Å²) in [5.74, 6) is 1.71. The Balaban J connectivity index is 1.57. The van der Waals surface area contributed by atoms with E-state index in [4.69, 9.17) is 4.74 Å². The molecule has 2 atom stereocenters. The minimum atomic E-state index is -2.37. The number of nitrogens with zero attached hydrogens (tertiary/aromatic N) is 1. The smallest absolute Gasteiger partial charge is 0.169 e. The Kier molecular flexibility index (Phi) is 7.04. The molecule has 0 aliphatic carbocycles. The van der Waals surface area contributed by atoms with Crippen molar-refractivity contribution >= 4 is 16.9 Å². The topological polar surface area (TPSA) is 86.3 Å². The van der Waals surface area contributed by atoms with Crippen LogP contribution in [0.1, 0.15) is 38.7 Å². The van der Waals surface area contributed by atoms with E-state index in [9.17, 15) is 8.76 Å². The van der Waals surface area contributed by atoms with Crippen LogP contribution in [0, 0.1) is 5.92 Å². The predicted molar refractivity (Wildman–Crippen MR) is 110 cm³/mol. The molecule has 0 amide bonds. The van der Waals surface area contributed by atoms with Crippen LogP contribution in [0.5, 0.6) is 5.75 Å². The third-order valence-corrected chi connectivity index (χ3v) is 5.56. The molecule has 0 saturated carbocycles. The van der Waals surface area contributed by atoms with Crippen LogP contribution in [0.4, 0.5) is 5.82 Å². The fourth-order valence-corrected chi connectivity index (χ4v) is 3.93. The van der Waals surface area contributed by atoms with Crippen molar-refractivity contribution in [1.82, 2.24) is 10.3 Å². The van der Waals surface area contributed by atoms with Gasteiger partial charge in [0.2, 0.25) is 0 Å². The summed E-state index contributed by atoms with van der Waals surface area (Å²) in [5, 5.41) is 6.81.